The normalized spacial score (nSPS) is 18.4. The second-order valence-electron chi connectivity index (χ2n) is 6.28. The number of nitrogens with zero attached hydrogens (tertiary/aromatic N) is 3. The maximum absolute atomic E-state index is 13.0. The molecule has 1 fully saturated rings. The third-order valence-electron chi connectivity index (χ3n) is 4.69. The molecule has 1 aliphatic heterocycles. The van der Waals surface area contributed by atoms with E-state index in [1.54, 1.807) is 6.26 Å². The number of rotatable bonds is 3. The van der Waals surface area contributed by atoms with Crippen LogP contribution < -0.4 is 5.56 Å². The summed E-state index contributed by atoms with van der Waals surface area (Å²) in [6.07, 6.45) is 7.13. The summed E-state index contributed by atoms with van der Waals surface area (Å²) in [6, 6.07) is 5.53. The van der Waals surface area contributed by atoms with Crippen LogP contribution in [0.5, 0.6) is 0 Å². The Labute approximate surface area is 148 Å². The van der Waals surface area contributed by atoms with Gasteiger partial charge in [0.05, 0.1) is 24.1 Å². The van der Waals surface area contributed by atoms with Crippen LogP contribution in [0.25, 0.3) is 10.2 Å². The third kappa shape index (κ3) is 3.11. The zero-order valence-corrected chi connectivity index (χ0v) is 14.6. The third-order valence-corrected chi connectivity index (χ3v) is 5.58. The summed E-state index contributed by atoms with van der Waals surface area (Å²) in [5.74, 6) is 0.748. The minimum atomic E-state index is -0.155. The van der Waals surface area contributed by atoms with E-state index in [1.165, 1.54) is 22.2 Å². The molecule has 1 atom stereocenters. The molecule has 3 aromatic rings. The van der Waals surface area contributed by atoms with Gasteiger partial charge in [0.25, 0.3) is 5.56 Å². The van der Waals surface area contributed by atoms with Gasteiger partial charge in [0, 0.05) is 6.54 Å². The minimum absolute atomic E-state index is 0.0108. The van der Waals surface area contributed by atoms with Gasteiger partial charge in [0.15, 0.2) is 0 Å². The van der Waals surface area contributed by atoms with Gasteiger partial charge in [-0.2, -0.15) is 0 Å². The summed E-state index contributed by atoms with van der Waals surface area (Å²) < 4.78 is 7.56. The van der Waals surface area contributed by atoms with Gasteiger partial charge >= 0.3 is 0 Å². The number of fused-ring (bicyclic) bond motifs is 1. The van der Waals surface area contributed by atoms with Gasteiger partial charge in [-0.3, -0.25) is 14.2 Å². The number of likely N-dealkylation sites (tertiary alicyclic amines) is 1. The molecule has 1 unspecified atom stereocenters. The van der Waals surface area contributed by atoms with Crippen LogP contribution in [0.4, 0.5) is 0 Å². The van der Waals surface area contributed by atoms with E-state index in [4.69, 9.17) is 4.42 Å². The molecule has 0 spiro atoms. The maximum Gasteiger partial charge on any atom is 0.271 e. The van der Waals surface area contributed by atoms with Crippen molar-refractivity contribution in [2.24, 2.45) is 0 Å². The highest BCUT2D eigenvalue weighted by molar-refractivity contribution is 7.17. The molecule has 1 saturated heterocycles. The van der Waals surface area contributed by atoms with Gasteiger partial charge in [-0.25, -0.2) is 4.98 Å². The van der Waals surface area contributed by atoms with E-state index in [0.717, 1.165) is 31.4 Å². The van der Waals surface area contributed by atoms with Crippen molar-refractivity contribution < 1.29 is 9.21 Å². The fourth-order valence-electron chi connectivity index (χ4n) is 3.41. The van der Waals surface area contributed by atoms with Crippen molar-refractivity contribution in [3.63, 3.8) is 0 Å². The van der Waals surface area contributed by atoms with Crippen molar-refractivity contribution in [2.75, 3.05) is 6.54 Å². The highest BCUT2D eigenvalue weighted by Gasteiger charge is 2.28. The number of thiophene rings is 1. The molecule has 4 rings (SSSR count). The number of furan rings is 1. The molecular formula is C18H19N3O3S. The van der Waals surface area contributed by atoms with E-state index >= 15 is 0 Å². The fourth-order valence-corrected chi connectivity index (χ4v) is 4.20. The first-order valence-corrected chi connectivity index (χ1v) is 9.37. The first-order chi connectivity index (χ1) is 12.2. The Morgan fingerprint density at radius 3 is 3.08 bits per heavy atom. The van der Waals surface area contributed by atoms with Crippen LogP contribution in [0.1, 0.15) is 37.5 Å². The predicted octanol–water partition coefficient (Wildman–Crippen LogP) is 3.19. The lowest BCUT2D eigenvalue weighted by molar-refractivity contribution is -0.134. The van der Waals surface area contributed by atoms with Crippen molar-refractivity contribution >= 4 is 27.5 Å². The molecule has 6 nitrogen and oxygen atoms in total. The summed E-state index contributed by atoms with van der Waals surface area (Å²) in [6.45, 7) is 0.699. The lowest BCUT2D eigenvalue weighted by atomic mass is 10.1. The van der Waals surface area contributed by atoms with Crippen molar-refractivity contribution in [1.82, 2.24) is 14.5 Å². The average Bonchev–Trinajstić information content (AvgIpc) is 3.25. The lowest BCUT2D eigenvalue weighted by Gasteiger charge is -2.28. The van der Waals surface area contributed by atoms with E-state index in [-0.39, 0.29) is 24.1 Å². The molecule has 25 heavy (non-hydrogen) atoms. The van der Waals surface area contributed by atoms with Crippen LogP contribution >= 0.6 is 11.3 Å². The number of carbonyl (C=O) groups excluding carboxylic acids is 1. The standard InChI is InChI=1S/C18H19N3O3S/c22-16(11-20-12-19-13-7-10-25-17(13)18(20)23)21-8-3-1-2-5-14(21)15-6-4-9-24-15/h4,6-7,9-10,12,14H,1-3,5,8,11H2. The van der Waals surface area contributed by atoms with Crippen molar-refractivity contribution in [2.45, 2.75) is 38.3 Å². The molecular weight excluding hydrogens is 338 g/mol. The monoisotopic (exact) mass is 357 g/mol. The smallest absolute Gasteiger partial charge is 0.271 e. The fraction of sp³-hybridized carbons (Fsp3) is 0.389. The molecule has 1 amide bonds. The first kappa shape index (κ1) is 16.1. The van der Waals surface area contributed by atoms with Crippen LogP contribution in [0, 0.1) is 0 Å². The second kappa shape index (κ2) is 6.84. The van der Waals surface area contributed by atoms with Gasteiger partial charge < -0.3 is 9.32 Å². The van der Waals surface area contributed by atoms with E-state index in [0.29, 0.717) is 16.8 Å². The van der Waals surface area contributed by atoms with E-state index < -0.39 is 0 Å². The first-order valence-electron chi connectivity index (χ1n) is 8.49. The van der Waals surface area contributed by atoms with Gasteiger partial charge in [0.2, 0.25) is 5.91 Å². The van der Waals surface area contributed by atoms with Crippen molar-refractivity contribution in [1.29, 1.82) is 0 Å². The van der Waals surface area contributed by atoms with Gasteiger partial charge in [-0.05, 0) is 36.4 Å². The largest absolute Gasteiger partial charge is 0.467 e. The maximum atomic E-state index is 13.0. The Morgan fingerprint density at radius 2 is 2.24 bits per heavy atom. The van der Waals surface area contributed by atoms with Gasteiger partial charge in [-0.15, -0.1) is 11.3 Å². The van der Waals surface area contributed by atoms with Crippen LogP contribution in [-0.2, 0) is 11.3 Å². The number of amides is 1. The van der Waals surface area contributed by atoms with Crippen molar-refractivity contribution in [3.05, 3.63) is 52.3 Å². The molecule has 130 valence electrons. The highest BCUT2D eigenvalue weighted by Crippen LogP contribution is 2.30. The number of aromatic nitrogens is 2. The van der Waals surface area contributed by atoms with Crippen LogP contribution in [0.15, 0.2) is 45.4 Å². The zero-order valence-electron chi connectivity index (χ0n) is 13.8. The van der Waals surface area contributed by atoms with E-state index in [1.807, 2.05) is 28.5 Å². The second-order valence-corrected chi connectivity index (χ2v) is 7.20. The van der Waals surface area contributed by atoms with Crippen LogP contribution in [0.2, 0.25) is 0 Å². The Morgan fingerprint density at radius 1 is 1.32 bits per heavy atom. The van der Waals surface area contributed by atoms with E-state index in [2.05, 4.69) is 4.98 Å². The molecule has 1 aliphatic rings. The summed E-state index contributed by atoms with van der Waals surface area (Å²) in [4.78, 5) is 31.6. The number of hydrogen-bond donors (Lipinski definition) is 0. The quantitative estimate of drug-likeness (QED) is 0.722. The molecule has 0 aromatic carbocycles. The topological polar surface area (TPSA) is 68.3 Å². The molecule has 0 radical (unpaired) electrons. The Kier molecular flexibility index (Phi) is 4.40. The Bertz CT molecular complexity index is 929. The summed E-state index contributed by atoms with van der Waals surface area (Å²) in [5.41, 5.74) is 0.527. The van der Waals surface area contributed by atoms with Crippen LogP contribution in [-0.4, -0.2) is 26.9 Å². The van der Waals surface area contributed by atoms with Gasteiger partial charge in [-0.1, -0.05) is 12.8 Å². The zero-order chi connectivity index (χ0) is 17.2. The molecule has 0 saturated carbocycles. The summed E-state index contributed by atoms with van der Waals surface area (Å²) >= 11 is 1.36. The number of carbonyl (C=O) groups is 1. The van der Waals surface area contributed by atoms with E-state index in [9.17, 15) is 9.59 Å². The summed E-state index contributed by atoms with van der Waals surface area (Å²) in [5, 5.41) is 1.84. The van der Waals surface area contributed by atoms with Crippen molar-refractivity contribution in [3.8, 4) is 0 Å². The molecule has 0 bridgehead atoms. The number of hydrogen-bond acceptors (Lipinski definition) is 5. The lowest BCUT2D eigenvalue weighted by Crippen LogP contribution is -2.39. The molecule has 3 aromatic heterocycles. The minimum Gasteiger partial charge on any atom is -0.467 e. The van der Waals surface area contributed by atoms with Crippen LogP contribution in [0.3, 0.4) is 0 Å². The highest BCUT2D eigenvalue weighted by atomic mass is 32.1. The molecule has 4 heterocycles. The summed E-state index contributed by atoms with van der Waals surface area (Å²) in [7, 11) is 0. The average molecular weight is 357 g/mol. The van der Waals surface area contributed by atoms with Gasteiger partial charge in [0.1, 0.15) is 17.0 Å². The Balaban J connectivity index is 1.61. The molecule has 7 heteroatoms. The molecule has 0 aliphatic carbocycles. The molecule has 0 N–H and O–H groups in total. The SMILES string of the molecule is O=C(Cn1cnc2ccsc2c1=O)N1CCCCCC1c1ccco1. The Hall–Kier alpha value is -2.41. The predicted molar refractivity (Wildman–Crippen MR) is 95.5 cm³/mol.